The van der Waals surface area contributed by atoms with Gasteiger partial charge in [0.2, 0.25) is 5.91 Å². The van der Waals surface area contributed by atoms with Crippen molar-refractivity contribution in [3.8, 4) is 0 Å². The lowest BCUT2D eigenvalue weighted by molar-refractivity contribution is -0.123. The maximum absolute atomic E-state index is 12.1. The number of aromatic nitrogens is 3. The van der Waals surface area contributed by atoms with E-state index in [1.165, 1.54) is 0 Å². The molecule has 0 spiro atoms. The zero-order valence-electron chi connectivity index (χ0n) is 11.7. The van der Waals surface area contributed by atoms with Crippen LogP contribution >= 0.6 is 24.8 Å². The summed E-state index contributed by atoms with van der Waals surface area (Å²) >= 11 is 0. The zero-order chi connectivity index (χ0) is 13.2. The lowest BCUT2D eigenvalue weighted by Gasteiger charge is -2.16. The lowest BCUT2D eigenvalue weighted by Crippen LogP contribution is -2.41. The van der Waals surface area contributed by atoms with Crippen molar-refractivity contribution in [1.82, 2.24) is 25.2 Å². The van der Waals surface area contributed by atoms with E-state index in [-0.39, 0.29) is 42.8 Å². The van der Waals surface area contributed by atoms with Gasteiger partial charge in [-0.15, -0.1) is 35.0 Å². The van der Waals surface area contributed by atoms with Crippen LogP contribution in [0.4, 0.5) is 0 Å². The van der Waals surface area contributed by atoms with Crippen LogP contribution in [0.3, 0.4) is 0 Å². The number of nitrogens with zero attached hydrogens (tertiary/aromatic N) is 3. The maximum atomic E-state index is 12.1. The predicted octanol–water partition coefficient (Wildman–Crippen LogP) is 1.50. The van der Waals surface area contributed by atoms with Gasteiger partial charge < -0.3 is 10.6 Å². The van der Waals surface area contributed by atoms with E-state index >= 15 is 0 Å². The third-order valence-electron chi connectivity index (χ3n) is 3.46. The number of rotatable bonds is 3. The quantitative estimate of drug-likeness (QED) is 0.894. The monoisotopic (exact) mass is 331 g/mol. The number of hydrogen-bond acceptors (Lipinski definition) is 4. The first kappa shape index (κ1) is 17.7. The Morgan fingerprint density at radius 1 is 1.43 bits per heavy atom. The van der Waals surface area contributed by atoms with Crippen LogP contribution in [0.1, 0.15) is 31.6 Å². The molecule has 21 heavy (non-hydrogen) atoms. The van der Waals surface area contributed by atoms with Gasteiger partial charge in [0.15, 0.2) is 11.5 Å². The summed E-state index contributed by atoms with van der Waals surface area (Å²) in [6, 6.07) is 5.50. The molecule has 1 aliphatic heterocycles. The van der Waals surface area contributed by atoms with Gasteiger partial charge >= 0.3 is 0 Å². The largest absolute Gasteiger partial charge is 0.345 e. The van der Waals surface area contributed by atoms with Crippen LogP contribution in [0.2, 0.25) is 0 Å². The van der Waals surface area contributed by atoms with E-state index in [0.29, 0.717) is 0 Å². The molecule has 2 aromatic rings. The fraction of sp³-hybridized carbons (Fsp3) is 0.462. The normalized spacial score (nSPS) is 18.6. The molecule has 1 unspecified atom stereocenters. The summed E-state index contributed by atoms with van der Waals surface area (Å²) in [6.45, 7) is 2.84. The highest BCUT2D eigenvalue weighted by Gasteiger charge is 2.24. The van der Waals surface area contributed by atoms with Gasteiger partial charge in [-0.05, 0) is 38.4 Å². The number of nitrogens with one attached hydrogen (secondary N) is 2. The van der Waals surface area contributed by atoms with Crippen molar-refractivity contribution in [2.24, 2.45) is 0 Å². The van der Waals surface area contributed by atoms with Gasteiger partial charge in [-0.2, -0.15) is 0 Å². The van der Waals surface area contributed by atoms with E-state index in [0.717, 1.165) is 30.9 Å². The molecule has 0 radical (unpaired) electrons. The van der Waals surface area contributed by atoms with E-state index in [1.807, 2.05) is 35.7 Å². The fourth-order valence-electron chi connectivity index (χ4n) is 2.44. The second-order valence-electron chi connectivity index (χ2n) is 4.87. The van der Waals surface area contributed by atoms with Crippen molar-refractivity contribution in [1.29, 1.82) is 0 Å². The molecule has 2 atom stereocenters. The molecular weight excluding hydrogens is 313 g/mol. The van der Waals surface area contributed by atoms with Crippen molar-refractivity contribution >= 4 is 36.4 Å². The van der Waals surface area contributed by atoms with Crippen molar-refractivity contribution in [3.63, 3.8) is 0 Å². The summed E-state index contributed by atoms with van der Waals surface area (Å²) in [5.41, 5.74) is 0.789. The van der Waals surface area contributed by atoms with Crippen molar-refractivity contribution in [2.75, 3.05) is 6.54 Å². The number of hydrogen-bond donors (Lipinski definition) is 2. The molecular formula is C13H19Cl2N5O. The molecule has 116 valence electrons. The van der Waals surface area contributed by atoms with Crippen LogP contribution < -0.4 is 10.6 Å². The highest BCUT2D eigenvalue weighted by molar-refractivity contribution is 5.85. The molecule has 1 saturated heterocycles. The van der Waals surface area contributed by atoms with Gasteiger partial charge in [-0.3, -0.25) is 9.20 Å². The van der Waals surface area contributed by atoms with Crippen LogP contribution in [0.15, 0.2) is 24.4 Å². The summed E-state index contributed by atoms with van der Waals surface area (Å²) < 4.78 is 1.90. The molecule has 0 bridgehead atoms. The van der Waals surface area contributed by atoms with Crippen molar-refractivity contribution in [3.05, 3.63) is 30.2 Å². The molecule has 1 aliphatic rings. The Morgan fingerprint density at radius 3 is 2.95 bits per heavy atom. The number of pyridine rings is 1. The van der Waals surface area contributed by atoms with Crippen molar-refractivity contribution < 1.29 is 4.79 Å². The first-order valence-electron chi connectivity index (χ1n) is 6.59. The predicted molar refractivity (Wildman–Crippen MR) is 85.1 cm³/mol. The molecule has 1 fully saturated rings. The fourth-order valence-corrected chi connectivity index (χ4v) is 2.44. The maximum Gasteiger partial charge on any atom is 0.237 e. The topological polar surface area (TPSA) is 71.3 Å². The van der Waals surface area contributed by atoms with E-state index in [1.54, 1.807) is 0 Å². The minimum Gasteiger partial charge on any atom is -0.345 e. The van der Waals surface area contributed by atoms with Crippen LogP contribution in [-0.4, -0.2) is 33.1 Å². The second-order valence-corrected chi connectivity index (χ2v) is 4.87. The van der Waals surface area contributed by atoms with Gasteiger partial charge in [-0.25, -0.2) is 0 Å². The summed E-state index contributed by atoms with van der Waals surface area (Å²) in [4.78, 5) is 12.1. The Labute approximate surface area is 135 Å². The Hall–Kier alpha value is -1.37. The zero-order valence-corrected chi connectivity index (χ0v) is 13.3. The smallest absolute Gasteiger partial charge is 0.237 e. The molecule has 0 aliphatic carbocycles. The standard InChI is InChI=1S/C13H17N5O.2ClH/c1-9(15-13(19)10-5-4-7-14-10)12-17-16-11-6-2-3-8-18(11)12;;/h2-3,6,8-10,14H,4-5,7H2,1H3,(H,15,19);2*1H/t9?,10-;;/m0../s1. The lowest BCUT2D eigenvalue weighted by atomic mass is 10.2. The summed E-state index contributed by atoms with van der Waals surface area (Å²) in [7, 11) is 0. The van der Waals surface area contributed by atoms with Gasteiger partial charge in [0, 0.05) is 6.20 Å². The molecule has 8 heteroatoms. The highest BCUT2D eigenvalue weighted by Crippen LogP contribution is 2.13. The number of carbonyl (C=O) groups excluding carboxylic acids is 1. The van der Waals surface area contributed by atoms with Gasteiger partial charge in [0.25, 0.3) is 0 Å². The van der Waals surface area contributed by atoms with E-state index in [9.17, 15) is 4.79 Å². The van der Waals surface area contributed by atoms with Crippen LogP contribution in [0.25, 0.3) is 5.65 Å². The number of halogens is 2. The third kappa shape index (κ3) is 3.64. The average molecular weight is 332 g/mol. The molecule has 2 N–H and O–H groups in total. The van der Waals surface area contributed by atoms with Gasteiger partial charge in [-0.1, -0.05) is 6.07 Å². The minimum atomic E-state index is -0.160. The van der Waals surface area contributed by atoms with E-state index in [4.69, 9.17) is 0 Å². The summed E-state index contributed by atoms with van der Waals surface area (Å²) in [5, 5.41) is 14.4. The minimum absolute atomic E-state index is 0. The average Bonchev–Trinajstić information content (AvgIpc) is 3.08. The summed E-state index contributed by atoms with van der Waals surface area (Å²) in [6.07, 6.45) is 3.86. The summed E-state index contributed by atoms with van der Waals surface area (Å²) in [5.74, 6) is 0.791. The molecule has 3 heterocycles. The highest BCUT2D eigenvalue weighted by atomic mass is 35.5. The van der Waals surface area contributed by atoms with Crippen LogP contribution in [0, 0.1) is 0 Å². The third-order valence-corrected chi connectivity index (χ3v) is 3.46. The molecule has 6 nitrogen and oxygen atoms in total. The Bertz CT molecular complexity index is 597. The van der Waals surface area contributed by atoms with Crippen molar-refractivity contribution in [2.45, 2.75) is 31.8 Å². The number of amides is 1. The van der Waals surface area contributed by atoms with Gasteiger partial charge in [0.05, 0.1) is 12.1 Å². The molecule has 3 rings (SSSR count). The van der Waals surface area contributed by atoms with E-state index < -0.39 is 0 Å². The van der Waals surface area contributed by atoms with Crippen LogP contribution in [0.5, 0.6) is 0 Å². The SMILES string of the molecule is CC(NC(=O)[C@@H]1CCCN1)c1nnc2ccccn12.Cl.Cl. The second kappa shape index (κ2) is 7.59. The Balaban J connectivity index is 0.00000110. The number of carbonyl (C=O) groups is 1. The number of fused-ring (bicyclic) bond motifs is 1. The van der Waals surface area contributed by atoms with E-state index in [2.05, 4.69) is 20.8 Å². The molecule has 2 aromatic heterocycles. The first-order valence-corrected chi connectivity index (χ1v) is 6.59. The molecule has 0 aromatic carbocycles. The Morgan fingerprint density at radius 2 is 2.24 bits per heavy atom. The first-order chi connectivity index (χ1) is 9.25. The molecule has 0 saturated carbocycles. The van der Waals surface area contributed by atoms with Gasteiger partial charge in [0.1, 0.15) is 0 Å². The molecule has 1 amide bonds. The van der Waals surface area contributed by atoms with Crippen LogP contribution in [-0.2, 0) is 4.79 Å². The Kier molecular flexibility index (Phi) is 6.39.